The Morgan fingerprint density at radius 1 is 1.10 bits per heavy atom. The molecule has 0 amide bonds. The second-order valence-corrected chi connectivity index (χ2v) is 7.31. The predicted octanol–water partition coefficient (Wildman–Crippen LogP) is 3.65. The van der Waals surface area contributed by atoms with Crippen molar-refractivity contribution in [3.63, 3.8) is 0 Å². The third-order valence-corrected chi connectivity index (χ3v) is 5.22. The van der Waals surface area contributed by atoms with E-state index in [4.69, 9.17) is 0 Å². The molecule has 0 saturated heterocycles. The molecule has 3 heteroatoms. The number of nitrogens with one attached hydrogen (secondary N) is 1. The van der Waals surface area contributed by atoms with Crippen LogP contribution in [0, 0.1) is 0 Å². The van der Waals surface area contributed by atoms with E-state index in [-0.39, 0.29) is 11.3 Å². The zero-order valence-corrected chi connectivity index (χ0v) is 13.2. The molecule has 1 N–H and O–H groups in total. The van der Waals surface area contributed by atoms with Gasteiger partial charge in [0.2, 0.25) is 0 Å². The lowest BCUT2D eigenvalue weighted by Gasteiger charge is -2.21. The lowest BCUT2D eigenvalue weighted by atomic mass is 9.99. The third kappa shape index (κ3) is 3.47. The molecule has 2 rings (SSSR count). The molecule has 0 spiro atoms. The van der Waals surface area contributed by atoms with Gasteiger partial charge in [-0.3, -0.25) is 4.21 Å². The molecular formula is C17H23NOS. The van der Waals surface area contributed by atoms with Crippen molar-refractivity contribution in [2.45, 2.75) is 32.1 Å². The first-order chi connectivity index (χ1) is 9.63. The van der Waals surface area contributed by atoms with Crippen LogP contribution in [0.3, 0.4) is 0 Å². The Balaban J connectivity index is 2.38. The van der Waals surface area contributed by atoms with Gasteiger partial charge in [-0.15, -0.1) is 0 Å². The first kappa shape index (κ1) is 15.2. The lowest BCUT2D eigenvalue weighted by Crippen LogP contribution is -2.28. The second-order valence-electron chi connectivity index (χ2n) is 5.27. The fourth-order valence-electron chi connectivity index (χ4n) is 2.42. The molecule has 0 heterocycles. The summed E-state index contributed by atoms with van der Waals surface area (Å²) < 4.78 is 12.2. The van der Waals surface area contributed by atoms with Crippen molar-refractivity contribution in [2.24, 2.45) is 0 Å². The third-order valence-electron chi connectivity index (χ3n) is 3.51. The Morgan fingerprint density at radius 2 is 1.80 bits per heavy atom. The maximum absolute atomic E-state index is 12.2. The van der Waals surface area contributed by atoms with Crippen molar-refractivity contribution in [1.29, 1.82) is 0 Å². The highest BCUT2D eigenvalue weighted by Gasteiger charge is 2.17. The molecule has 0 saturated carbocycles. The van der Waals surface area contributed by atoms with E-state index in [2.05, 4.69) is 54.7 Å². The van der Waals surface area contributed by atoms with Crippen LogP contribution in [-0.2, 0) is 10.8 Å². The largest absolute Gasteiger partial charge is 0.309 e. The molecule has 20 heavy (non-hydrogen) atoms. The predicted molar refractivity (Wildman–Crippen MR) is 88.5 cm³/mol. The van der Waals surface area contributed by atoms with Gasteiger partial charge in [-0.25, -0.2) is 0 Å². The zero-order valence-electron chi connectivity index (χ0n) is 12.4. The number of fused-ring (bicyclic) bond motifs is 1. The van der Waals surface area contributed by atoms with Gasteiger partial charge in [0.1, 0.15) is 0 Å². The summed E-state index contributed by atoms with van der Waals surface area (Å²) in [5, 5.41) is 6.17. The highest BCUT2D eigenvalue weighted by Crippen LogP contribution is 2.25. The van der Waals surface area contributed by atoms with Crippen LogP contribution < -0.4 is 5.32 Å². The number of hydrogen-bond acceptors (Lipinski definition) is 2. The monoisotopic (exact) mass is 289 g/mol. The van der Waals surface area contributed by atoms with Gasteiger partial charge >= 0.3 is 0 Å². The maximum Gasteiger partial charge on any atom is 0.0443 e. The summed E-state index contributed by atoms with van der Waals surface area (Å²) in [7, 11) is -0.809. The van der Waals surface area contributed by atoms with E-state index >= 15 is 0 Å². The van der Waals surface area contributed by atoms with Crippen LogP contribution in [0.5, 0.6) is 0 Å². The molecule has 2 atom stereocenters. The molecule has 2 aromatic carbocycles. The van der Waals surface area contributed by atoms with Gasteiger partial charge in [-0.1, -0.05) is 63.2 Å². The molecule has 2 nitrogen and oxygen atoms in total. The molecule has 0 fully saturated rings. The SMILES string of the molecule is CCNC(CS(=O)C(C)C)c1cccc2ccccc12. The van der Waals surface area contributed by atoms with Crippen molar-refractivity contribution < 1.29 is 4.21 Å². The molecule has 0 aliphatic carbocycles. The Morgan fingerprint density at radius 3 is 2.50 bits per heavy atom. The highest BCUT2D eigenvalue weighted by atomic mass is 32.2. The first-order valence-electron chi connectivity index (χ1n) is 7.21. The van der Waals surface area contributed by atoms with Crippen molar-refractivity contribution >= 4 is 21.6 Å². The first-order valence-corrected chi connectivity index (χ1v) is 8.60. The van der Waals surface area contributed by atoms with Gasteiger partial charge in [0, 0.05) is 27.8 Å². The van der Waals surface area contributed by atoms with Crippen LogP contribution >= 0.6 is 0 Å². The Labute approximate surface area is 124 Å². The quantitative estimate of drug-likeness (QED) is 0.879. The highest BCUT2D eigenvalue weighted by molar-refractivity contribution is 7.85. The van der Waals surface area contributed by atoms with E-state index in [1.807, 2.05) is 13.8 Å². The molecule has 0 aromatic heterocycles. The summed E-state index contributed by atoms with van der Waals surface area (Å²) in [6, 6.07) is 14.9. The fourth-order valence-corrected chi connectivity index (χ4v) is 3.43. The fraction of sp³-hybridized carbons (Fsp3) is 0.412. The van der Waals surface area contributed by atoms with Gasteiger partial charge in [0.25, 0.3) is 0 Å². The average Bonchev–Trinajstić information content (AvgIpc) is 2.46. The van der Waals surface area contributed by atoms with Gasteiger partial charge < -0.3 is 5.32 Å². The Hall–Kier alpha value is -1.19. The van der Waals surface area contributed by atoms with Crippen molar-refractivity contribution in [2.75, 3.05) is 12.3 Å². The number of rotatable bonds is 6. The van der Waals surface area contributed by atoms with Crippen molar-refractivity contribution in [1.82, 2.24) is 5.32 Å². The molecule has 0 bridgehead atoms. The van der Waals surface area contributed by atoms with E-state index in [0.29, 0.717) is 5.75 Å². The van der Waals surface area contributed by atoms with E-state index in [9.17, 15) is 4.21 Å². The summed E-state index contributed by atoms with van der Waals surface area (Å²) in [6.07, 6.45) is 0. The summed E-state index contributed by atoms with van der Waals surface area (Å²) >= 11 is 0. The van der Waals surface area contributed by atoms with E-state index in [1.165, 1.54) is 16.3 Å². The molecule has 108 valence electrons. The van der Waals surface area contributed by atoms with Crippen LogP contribution in [0.4, 0.5) is 0 Å². The van der Waals surface area contributed by atoms with E-state index in [0.717, 1.165) is 6.54 Å². The molecule has 0 radical (unpaired) electrons. The average molecular weight is 289 g/mol. The Bertz CT molecular complexity index is 589. The van der Waals surface area contributed by atoms with Crippen LogP contribution in [0.2, 0.25) is 0 Å². The summed E-state index contributed by atoms with van der Waals surface area (Å²) in [4.78, 5) is 0. The number of benzene rings is 2. The lowest BCUT2D eigenvalue weighted by molar-refractivity contribution is 0.595. The minimum Gasteiger partial charge on any atom is -0.309 e. The topological polar surface area (TPSA) is 29.1 Å². The molecule has 2 aromatic rings. The molecule has 0 aliphatic rings. The van der Waals surface area contributed by atoms with Crippen LogP contribution in [0.15, 0.2) is 42.5 Å². The summed E-state index contributed by atoms with van der Waals surface area (Å²) in [6.45, 7) is 7.00. The van der Waals surface area contributed by atoms with E-state index in [1.54, 1.807) is 0 Å². The van der Waals surface area contributed by atoms with Crippen molar-refractivity contribution in [3.8, 4) is 0 Å². The smallest absolute Gasteiger partial charge is 0.0443 e. The van der Waals surface area contributed by atoms with Crippen LogP contribution in [0.1, 0.15) is 32.4 Å². The molecular weight excluding hydrogens is 266 g/mol. The summed E-state index contributed by atoms with van der Waals surface area (Å²) in [5.74, 6) is 0.666. The standard InChI is InChI=1S/C17H23NOS/c1-4-18-17(12-20(19)13(2)3)16-11-7-9-14-8-5-6-10-15(14)16/h5-11,13,17-18H,4,12H2,1-3H3. The van der Waals surface area contributed by atoms with Gasteiger partial charge in [-0.05, 0) is 22.9 Å². The second kappa shape index (κ2) is 7.00. The number of hydrogen-bond donors (Lipinski definition) is 1. The normalized spacial score (nSPS) is 14.6. The van der Waals surface area contributed by atoms with Crippen LogP contribution in [0.25, 0.3) is 10.8 Å². The molecule has 0 aliphatic heterocycles. The zero-order chi connectivity index (χ0) is 14.5. The summed E-state index contributed by atoms with van der Waals surface area (Å²) in [5.41, 5.74) is 1.25. The molecule has 2 unspecified atom stereocenters. The maximum atomic E-state index is 12.2. The van der Waals surface area contributed by atoms with Crippen LogP contribution in [-0.4, -0.2) is 21.8 Å². The van der Waals surface area contributed by atoms with Gasteiger partial charge in [0.15, 0.2) is 0 Å². The van der Waals surface area contributed by atoms with Gasteiger partial charge in [-0.2, -0.15) is 0 Å². The minimum atomic E-state index is -0.809. The van der Waals surface area contributed by atoms with E-state index < -0.39 is 10.8 Å². The minimum absolute atomic E-state index is 0.148. The van der Waals surface area contributed by atoms with Gasteiger partial charge in [0.05, 0.1) is 0 Å². The Kier molecular flexibility index (Phi) is 5.32. The van der Waals surface area contributed by atoms with Crippen molar-refractivity contribution in [3.05, 3.63) is 48.0 Å².